The molecule has 1 aromatic carbocycles. The van der Waals surface area contributed by atoms with Gasteiger partial charge in [-0.25, -0.2) is 9.37 Å². The van der Waals surface area contributed by atoms with E-state index in [1.54, 1.807) is 24.3 Å². The van der Waals surface area contributed by atoms with Gasteiger partial charge < -0.3 is 10.6 Å². The second-order valence-electron chi connectivity index (χ2n) is 5.71. The summed E-state index contributed by atoms with van der Waals surface area (Å²) >= 11 is 1.23. The number of hydrogen-bond acceptors (Lipinski definition) is 7. The highest BCUT2D eigenvalue weighted by molar-refractivity contribution is 7.13. The van der Waals surface area contributed by atoms with Gasteiger partial charge in [-0.15, -0.1) is 10.2 Å². The molecule has 0 aliphatic rings. The number of halogens is 1. The average Bonchev–Trinajstić information content (AvgIpc) is 3.19. The van der Waals surface area contributed by atoms with Crippen LogP contribution < -0.4 is 16.0 Å². The predicted octanol–water partition coefficient (Wildman–Crippen LogP) is 2.10. The van der Waals surface area contributed by atoms with E-state index in [1.807, 2.05) is 0 Å². The summed E-state index contributed by atoms with van der Waals surface area (Å²) in [6, 6.07) is 9.25. The third-order valence-electron chi connectivity index (χ3n) is 3.61. The van der Waals surface area contributed by atoms with Crippen molar-refractivity contribution in [2.75, 3.05) is 23.7 Å². The number of nitrogens with zero attached hydrogens (tertiary/aromatic N) is 3. The van der Waals surface area contributed by atoms with Gasteiger partial charge in [0.05, 0.1) is 12.0 Å². The largest absolute Gasteiger partial charge is 0.368 e. The first-order valence-corrected chi connectivity index (χ1v) is 9.27. The number of benzene rings is 1. The van der Waals surface area contributed by atoms with Crippen molar-refractivity contribution in [1.29, 1.82) is 0 Å². The normalized spacial score (nSPS) is 10.3. The second kappa shape index (κ2) is 9.51. The first-order valence-electron chi connectivity index (χ1n) is 8.39. The number of amides is 2. The summed E-state index contributed by atoms with van der Waals surface area (Å²) < 4.78 is 13.1. The Bertz CT molecular complexity index is 934. The maximum absolute atomic E-state index is 13.1. The summed E-state index contributed by atoms with van der Waals surface area (Å²) in [6.07, 6.45) is 1.57. The number of pyridine rings is 1. The summed E-state index contributed by atoms with van der Waals surface area (Å²) in [6.45, 7) is 0.841. The minimum Gasteiger partial charge on any atom is -0.368 e. The molecule has 0 spiro atoms. The molecule has 3 rings (SSSR count). The van der Waals surface area contributed by atoms with Gasteiger partial charge in [-0.1, -0.05) is 23.5 Å². The Balaban J connectivity index is 1.39. The molecular weight excluding hydrogens is 383 g/mol. The lowest BCUT2D eigenvalue weighted by Crippen LogP contribution is -2.30. The SMILES string of the molecule is O=C(Cc1cccc(F)c1)NCCNc1ccc(C(=O)Nc2nncs2)cn1. The zero-order chi connectivity index (χ0) is 19.8. The van der Waals surface area contributed by atoms with E-state index in [9.17, 15) is 14.0 Å². The third-order valence-corrected chi connectivity index (χ3v) is 4.22. The van der Waals surface area contributed by atoms with Gasteiger partial charge in [0.1, 0.15) is 17.1 Å². The smallest absolute Gasteiger partial charge is 0.259 e. The molecule has 0 bridgehead atoms. The van der Waals surface area contributed by atoms with Crippen molar-refractivity contribution in [2.45, 2.75) is 6.42 Å². The highest BCUT2D eigenvalue weighted by Gasteiger charge is 2.08. The molecule has 28 heavy (non-hydrogen) atoms. The Hall–Kier alpha value is -3.40. The van der Waals surface area contributed by atoms with E-state index in [0.29, 0.717) is 35.2 Å². The van der Waals surface area contributed by atoms with E-state index in [1.165, 1.54) is 35.2 Å². The molecule has 144 valence electrons. The van der Waals surface area contributed by atoms with Crippen LogP contribution in [0.4, 0.5) is 15.3 Å². The summed E-state index contributed by atoms with van der Waals surface area (Å²) in [5.41, 5.74) is 2.54. The molecule has 0 aliphatic heterocycles. The molecule has 0 saturated heterocycles. The van der Waals surface area contributed by atoms with Crippen molar-refractivity contribution in [2.24, 2.45) is 0 Å². The fourth-order valence-corrected chi connectivity index (χ4v) is 2.76. The summed E-state index contributed by atoms with van der Waals surface area (Å²) in [5.74, 6) is -0.296. The molecule has 2 aromatic heterocycles. The minimum atomic E-state index is -0.363. The quantitative estimate of drug-likeness (QED) is 0.500. The van der Waals surface area contributed by atoms with Crippen molar-refractivity contribution in [3.63, 3.8) is 0 Å². The summed E-state index contributed by atoms with van der Waals surface area (Å²) in [4.78, 5) is 28.0. The number of carbonyl (C=O) groups excluding carboxylic acids is 2. The molecule has 8 nitrogen and oxygen atoms in total. The third kappa shape index (κ3) is 5.81. The lowest BCUT2D eigenvalue weighted by Gasteiger charge is -2.08. The molecule has 0 aliphatic carbocycles. The highest BCUT2D eigenvalue weighted by atomic mass is 32.1. The molecule has 10 heteroatoms. The highest BCUT2D eigenvalue weighted by Crippen LogP contribution is 2.11. The van der Waals surface area contributed by atoms with Crippen LogP contribution >= 0.6 is 11.3 Å². The Morgan fingerprint density at radius 3 is 2.75 bits per heavy atom. The summed E-state index contributed by atoms with van der Waals surface area (Å²) in [7, 11) is 0. The average molecular weight is 400 g/mol. The van der Waals surface area contributed by atoms with E-state index in [4.69, 9.17) is 0 Å². The van der Waals surface area contributed by atoms with Gasteiger partial charge in [0.25, 0.3) is 5.91 Å². The first kappa shape index (κ1) is 19.4. The van der Waals surface area contributed by atoms with Crippen molar-refractivity contribution in [3.05, 3.63) is 65.0 Å². The van der Waals surface area contributed by atoms with Crippen LogP contribution in [0.2, 0.25) is 0 Å². The van der Waals surface area contributed by atoms with Gasteiger partial charge in [0.2, 0.25) is 11.0 Å². The van der Waals surface area contributed by atoms with Crippen LogP contribution in [-0.2, 0) is 11.2 Å². The topological polar surface area (TPSA) is 109 Å². The number of nitrogens with one attached hydrogen (secondary N) is 3. The molecule has 0 saturated carbocycles. The molecule has 3 aromatic rings. The van der Waals surface area contributed by atoms with Crippen LogP contribution in [0.1, 0.15) is 15.9 Å². The summed E-state index contributed by atoms with van der Waals surface area (Å²) in [5, 5.41) is 16.2. The molecule has 0 fully saturated rings. The Morgan fingerprint density at radius 1 is 1.14 bits per heavy atom. The standard InChI is InChI=1S/C18H17FN6O2S/c19-14-3-1-2-12(8-14)9-16(26)21-7-6-20-15-5-4-13(10-22-15)17(27)24-18-25-23-11-28-18/h1-5,8,10-11H,6-7,9H2,(H,20,22)(H,21,26)(H,24,25,27). The van der Waals surface area contributed by atoms with Crippen molar-refractivity contribution >= 4 is 34.1 Å². The molecule has 2 amide bonds. The maximum Gasteiger partial charge on any atom is 0.259 e. The lowest BCUT2D eigenvalue weighted by molar-refractivity contribution is -0.120. The first-order chi connectivity index (χ1) is 13.6. The molecule has 0 atom stereocenters. The van der Waals surface area contributed by atoms with Crippen molar-refractivity contribution in [3.8, 4) is 0 Å². The van der Waals surface area contributed by atoms with E-state index in [0.717, 1.165) is 0 Å². The number of carbonyl (C=O) groups is 2. The van der Waals surface area contributed by atoms with Crippen LogP contribution in [0.5, 0.6) is 0 Å². The molecule has 2 heterocycles. The van der Waals surface area contributed by atoms with E-state index >= 15 is 0 Å². The van der Waals surface area contributed by atoms with Gasteiger partial charge in [0, 0.05) is 19.3 Å². The number of aromatic nitrogens is 3. The Kier molecular flexibility index (Phi) is 6.58. The Labute approximate surface area is 164 Å². The van der Waals surface area contributed by atoms with Gasteiger partial charge in [-0.05, 0) is 29.8 Å². The molecule has 3 N–H and O–H groups in total. The predicted molar refractivity (Wildman–Crippen MR) is 104 cm³/mol. The number of hydrogen-bond donors (Lipinski definition) is 3. The number of anilines is 2. The zero-order valence-corrected chi connectivity index (χ0v) is 15.5. The van der Waals surface area contributed by atoms with E-state index < -0.39 is 0 Å². The molecular formula is C18H17FN6O2S. The van der Waals surface area contributed by atoms with Crippen molar-refractivity contribution < 1.29 is 14.0 Å². The van der Waals surface area contributed by atoms with Gasteiger partial charge in [-0.3, -0.25) is 14.9 Å². The van der Waals surface area contributed by atoms with Crippen molar-refractivity contribution in [1.82, 2.24) is 20.5 Å². The fourth-order valence-electron chi connectivity index (χ4n) is 2.32. The van der Waals surface area contributed by atoms with E-state index in [-0.39, 0.29) is 24.1 Å². The van der Waals surface area contributed by atoms with Gasteiger partial charge >= 0.3 is 0 Å². The second-order valence-corrected chi connectivity index (χ2v) is 6.55. The number of rotatable bonds is 8. The Morgan fingerprint density at radius 2 is 2.04 bits per heavy atom. The van der Waals surface area contributed by atoms with Crippen LogP contribution in [0.25, 0.3) is 0 Å². The van der Waals surface area contributed by atoms with Crippen LogP contribution in [-0.4, -0.2) is 40.1 Å². The monoisotopic (exact) mass is 400 g/mol. The lowest BCUT2D eigenvalue weighted by atomic mass is 10.1. The zero-order valence-electron chi connectivity index (χ0n) is 14.7. The van der Waals surface area contributed by atoms with Gasteiger partial charge in [0.15, 0.2) is 0 Å². The maximum atomic E-state index is 13.1. The minimum absolute atomic E-state index is 0.119. The van der Waals surface area contributed by atoms with Gasteiger partial charge in [-0.2, -0.15) is 0 Å². The van der Waals surface area contributed by atoms with Crippen LogP contribution in [0.3, 0.4) is 0 Å². The van der Waals surface area contributed by atoms with E-state index in [2.05, 4.69) is 31.1 Å². The molecule has 0 radical (unpaired) electrons. The fraction of sp³-hybridized carbons (Fsp3) is 0.167. The molecule has 0 unspecified atom stereocenters. The van der Waals surface area contributed by atoms with Crippen LogP contribution in [0.15, 0.2) is 48.1 Å². The van der Waals surface area contributed by atoms with Crippen LogP contribution in [0, 0.1) is 5.82 Å².